The molecule has 6 heteroatoms. The molecule has 2 N–H and O–H groups in total. The molecule has 0 atom stereocenters. The maximum absolute atomic E-state index is 12.9. The first-order valence-corrected chi connectivity index (χ1v) is 5.97. The Labute approximate surface area is 101 Å². The van der Waals surface area contributed by atoms with Crippen LogP contribution in [0, 0.1) is 5.82 Å². The van der Waals surface area contributed by atoms with Crippen molar-refractivity contribution in [3.05, 3.63) is 29.0 Å². The summed E-state index contributed by atoms with van der Waals surface area (Å²) in [7, 11) is 0. The normalized spacial score (nSPS) is 10.7. The zero-order chi connectivity index (χ0) is 12.3. The van der Waals surface area contributed by atoms with Gasteiger partial charge in [-0.3, -0.25) is 4.79 Å². The van der Waals surface area contributed by atoms with E-state index in [1.807, 2.05) is 0 Å². The average molecular weight is 254 g/mol. The lowest BCUT2D eigenvalue weighted by Crippen LogP contribution is -2.24. The molecule has 0 spiro atoms. The van der Waals surface area contributed by atoms with Crippen LogP contribution in [-0.2, 0) is 0 Å². The average Bonchev–Trinajstić information content (AvgIpc) is 2.72. The van der Waals surface area contributed by atoms with Gasteiger partial charge in [-0.25, -0.2) is 9.37 Å². The standard InChI is InChI=1S/C11H11FN2O2S/c12-7-2-3-8-9(6-7)17-11(14-8)10(16)13-4-1-5-15/h2-3,6,15H,1,4-5H2,(H,13,16). The van der Waals surface area contributed by atoms with Crippen molar-refractivity contribution in [2.75, 3.05) is 13.2 Å². The molecule has 0 aliphatic heterocycles. The van der Waals surface area contributed by atoms with E-state index >= 15 is 0 Å². The monoisotopic (exact) mass is 254 g/mol. The molecule has 0 aliphatic rings. The van der Waals surface area contributed by atoms with Crippen molar-refractivity contribution in [3.8, 4) is 0 Å². The summed E-state index contributed by atoms with van der Waals surface area (Å²) in [5.74, 6) is -0.631. The first kappa shape index (κ1) is 11.9. The number of benzene rings is 1. The van der Waals surface area contributed by atoms with E-state index in [9.17, 15) is 9.18 Å². The first-order valence-electron chi connectivity index (χ1n) is 5.16. The van der Waals surface area contributed by atoms with Crippen LogP contribution in [0.4, 0.5) is 4.39 Å². The number of nitrogens with zero attached hydrogens (tertiary/aromatic N) is 1. The molecule has 1 aromatic heterocycles. The first-order chi connectivity index (χ1) is 8.20. The van der Waals surface area contributed by atoms with Crippen LogP contribution in [0.3, 0.4) is 0 Å². The molecule has 1 heterocycles. The lowest BCUT2D eigenvalue weighted by molar-refractivity contribution is 0.0951. The second-order valence-electron chi connectivity index (χ2n) is 3.46. The Hall–Kier alpha value is -1.53. The summed E-state index contributed by atoms with van der Waals surface area (Å²) in [5.41, 5.74) is 0.615. The Bertz CT molecular complexity index is 541. The van der Waals surface area contributed by atoms with E-state index in [4.69, 9.17) is 5.11 Å². The third-order valence-electron chi connectivity index (χ3n) is 2.17. The zero-order valence-electron chi connectivity index (χ0n) is 8.94. The smallest absolute Gasteiger partial charge is 0.280 e. The number of aliphatic hydroxyl groups excluding tert-OH is 1. The van der Waals surface area contributed by atoms with Gasteiger partial charge >= 0.3 is 0 Å². The fraction of sp³-hybridized carbons (Fsp3) is 0.273. The third-order valence-corrected chi connectivity index (χ3v) is 3.18. The van der Waals surface area contributed by atoms with E-state index in [2.05, 4.69) is 10.3 Å². The van der Waals surface area contributed by atoms with Crippen molar-refractivity contribution in [3.63, 3.8) is 0 Å². The molecule has 2 aromatic rings. The van der Waals surface area contributed by atoms with Crippen LogP contribution < -0.4 is 5.32 Å². The lowest BCUT2D eigenvalue weighted by Gasteiger charge is -1.99. The Balaban J connectivity index is 2.15. The maximum Gasteiger partial charge on any atom is 0.280 e. The van der Waals surface area contributed by atoms with Crippen molar-refractivity contribution in [2.45, 2.75) is 6.42 Å². The van der Waals surface area contributed by atoms with Gasteiger partial charge in [-0.15, -0.1) is 11.3 Å². The van der Waals surface area contributed by atoms with Crippen LogP contribution >= 0.6 is 11.3 Å². The predicted molar refractivity (Wildman–Crippen MR) is 63.6 cm³/mol. The summed E-state index contributed by atoms with van der Waals surface area (Å²) in [6.07, 6.45) is 0.505. The molecule has 0 unspecified atom stereocenters. The number of halogens is 1. The number of hydrogen-bond acceptors (Lipinski definition) is 4. The number of aromatic nitrogens is 1. The molecule has 0 aliphatic carbocycles. The van der Waals surface area contributed by atoms with Gasteiger partial charge < -0.3 is 10.4 Å². The zero-order valence-corrected chi connectivity index (χ0v) is 9.76. The number of carbonyl (C=O) groups is 1. The molecule has 0 radical (unpaired) electrons. The van der Waals surface area contributed by atoms with Gasteiger partial charge in [0.05, 0.1) is 10.2 Å². The third kappa shape index (κ3) is 2.78. The molecule has 0 bridgehead atoms. The van der Waals surface area contributed by atoms with Gasteiger partial charge in [-0.2, -0.15) is 0 Å². The van der Waals surface area contributed by atoms with E-state index in [0.717, 1.165) is 11.3 Å². The second-order valence-corrected chi connectivity index (χ2v) is 4.49. The summed E-state index contributed by atoms with van der Waals surface area (Å²) in [4.78, 5) is 15.7. The van der Waals surface area contributed by atoms with Gasteiger partial charge in [-0.05, 0) is 24.6 Å². The van der Waals surface area contributed by atoms with E-state index in [1.54, 1.807) is 6.07 Å². The molecular weight excluding hydrogens is 243 g/mol. The van der Waals surface area contributed by atoms with Gasteiger partial charge in [0, 0.05) is 13.2 Å². The largest absolute Gasteiger partial charge is 0.396 e. The van der Waals surface area contributed by atoms with Gasteiger partial charge in [-0.1, -0.05) is 0 Å². The molecule has 2 rings (SSSR count). The van der Waals surface area contributed by atoms with Crippen molar-refractivity contribution >= 4 is 27.5 Å². The van der Waals surface area contributed by atoms with Crippen LogP contribution in [0.2, 0.25) is 0 Å². The molecule has 0 saturated heterocycles. The van der Waals surface area contributed by atoms with Crippen LogP contribution in [0.15, 0.2) is 18.2 Å². The lowest BCUT2D eigenvalue weighted by atomic mass is 10.3. The minimum absolute atomic E-state index is 0.0331. The number of rotatable bonds is 4. The Morgan fingerprint density at radius 1 is 1.53 bits per heavy atom. The highest BCUT2D eigenvalue weighted by molar-refractivity contribution is 7.20. The summed E-state index contributed by atoms with van der Waals surface area (Å²) in [6.45, 7) is 0.435. The molecule has 1 aromatic carbocycles. The number of hydrogen-bond donors (Lipinski definition) is 2. The second kappa shape index (κ2) is 5.20. The van der Waals surface area contributed by atoms with Gasteiger partial charge in [0.25, 0.3) is 5.91 Å². The summed E-state index contributed by atoms with van der Waals surface area (Å²) >= 11 is 1.15. The van der Waals surface area contributed by atoms with Crippen molar-refractivity contribution in [1.29, 1.82) is 0 Å². The molecular formula is C11H11FN2O2S. The summed E-state index contributed by atoms with van der Waals surface area (Å²) < 4.78 is 13.6. The number of carbonyl (C=O) groups excluding carboxylic acids is 1. The van der Waals surface area contributed by atoms with E-state index in [0.29, 0.717) is 28.2 Å². The van der Waals surface area contributed by atoms with Crippen molar-refractivity contribution in [1.82, 2.24) is 10.3 Å². The predicted octanol–water partition coefficient (Wildman–Crippen LogP) is 1.55. The topological polar surface area (TPSA) is 62.2 Å². The Morgan fingerprint density at radius 3 is 3.12 bits per heavy atom. The molecule has 0 saturated carbocycles. The van der Waals surface area contributed by atoms with Gasteiger partial charge in [0.15, 0.2) is 5.01 Å². The Morgan fingerprint density at radius 2 is 2.35 bits per heavy atom. The van der Waals surface area contributed by atoms with Crippen LogP contribution in [-0.4, -0.2) is 29.1 Å². The molecule has 1 amide bonds. The molecule has 17 heavy (non-hydrogen) atoms. The number of thiazole rings is 1. The number of fused-ring (bicyclic) bond motifs is 1. The fourth-order valence-electron chi connectivity index (χ4n) is 1.35. The SMILES string of the molecule is O=C(NCCCO)c1nc2ccc(F)cc2s1. The van der Waals surface area contributed by atoms with Gasteiger partial charge in [0.1, 0.15) is 5.82 Å². The van der Waals surface area contributed by atoms with E-state index in [-0.39, 0.29) is 18.3 Å². The number of aliphatic hydroxyl groups is 1. The quantitative estimate of drug-likeness (QED) is 0.814. The van der Waals surface area contributed by atoms with E-state index in [1.165, 1.54) is 12.1 Å². The maximum atomic E-state index is 12.9. The summed E-state index contributed by atoms with van der Waals surface area (Å²) in [6, 6.07) is 4.22. The minimum Gasteiger partial charge on any atom is -0.396 e. The molecule has 4 nitrogen and oxygen atoms in total. The Kier molecular flexibility index (Phi) is 3.65. The minimum atomic E-state index is -0.339. The highest BCUT2D eigenvalue weighted by atomic mass is 32.1. The molecule has 90 valence electrons. The number of amides is 1. The van der Waals surface area contributed by atoms with Crippen molar-refractivity contribution in [2.24, 2.45) is 0 Å². The summed E-state index contributed by atoms with van der Waals surface area (Å²) in [5, 5.41) is 11.5. The van der Waals surface area contributed by atoms with Crippen LogP contribution in [0.1, 0.15) is 16.2 Å². The highest BCUT2D eigenvalue weighted by Crippen LogP contribution is 2.22. The highest BCUT2D eigenvalue weighted by Gasteiger charge is 2.11. The number of nitrogens with one attached hydrogen (secondary N) is 1. The van der Waals surface area contributed by atoms with Crippen LogP contribution in [0.5, 0.6) is 0 Å². The van der Waals surface area contributed by atoms with E-state index < -0.39 is 0 Å². The fourth-order valence-corrected chi connectivity index (χ4v) is 2.26. The van der Waals surface area contributed by atoms with Crippen molar-refractivity contribution < 1.29 is 14.3 Å². The van der Waals surface area contributed by atoms with Crippen LogP contribution in [0.25, 0.3) is 10.2 Å². The van der Waals surface area contributed by atoms with Gasteiger partial charge in [0.2, 0.25) is 0 Å². The molecule has 0 fully saturated rings.